The van der Waals surface area contributed by atoms with Crippen LogP contribution in [0.3, 0.4) is 0 Å². The van der Waals surface area contributed by atoms with Gasteiger partial charge in [-0.05, 0) is 49.6 Å². The summed E-state index contributed by atoms with van der Waals surface area (Å²) in [5.41, 5.74) is 2.56. The Labute approximate surface area is 195 Å². The highest BCUT2D eigenvalue weighted by Gasteiger charge is 2.34. The number of rotatable bonds is 5. The molecule has 172 valence electrons. The number of carbonyl (C=O) groups is 1. The lowest BCUT2D eigenvalue weighted by atomic mass is 9.96. The number of sulfonamides is 1. The molecule has 0 bridgehead atoms. The van der Waals surface area contributed by atoms with Crippen molar-refractivity contribution < 1.29 is 13.2 Å². The van der Waals surface area contributed by atoms with Crippen LogP contribution in [-0.4, -0.2) is 67.7 Å². The Morgan fingerprint density at radius 2 is 1.50 bits per heavy atom. The van der Waals surface area contributed by atoms with Crippen molar-refractivity contribution in [1.82, 2.24) is 14.1 Å². The van der Waals surface area contributed by atoms with Crippen LogP contribution in [0.25, 0.3) is 0 Å². The summed E-state index contributed by atoms with van der Waals surface area (Å²) in [5, 5.41) is 0.507. The predicted molar refractivity (Wildman–Crippen MR) is 126 cm³/mol. The standard InChI is InChI=1S/C24H30ClN3O3S/c1-19-2-4-20(5-3-19)18-26-14-16-27(17-15-26)24(29)21-10-12-28(13-11-21)32(30,31)23-8-6-22(25)7-9-23/h2-9,21H,10-18H2,1H3. The van der Waals surface area contributed by atoms with Gasteiger partial charge in [-0.1, -0.05) is 41.4 Å². The molecule has 2 aliphatic rings. The van der Waals surface area contributed by atoms with E-state index in [4.69, 9.17) is 11.6 Å². The number of hydrogen-bond donors (Lipinski definition) is 0. The number of piperazine rings is 1. The van der Waals surface area contributed by atoms with Crippen molar-refractivity contribution in [1.29, 1.82) is 0 Å². The van der Waals surface area contributed by atoms with Gasteiger partial charge in [-0.15, -0.1) is 0 Å². The summed E-state index contributed by atoms with van der Waals surface area (Å²) >= 11 is 5.88. The highest BCUT2D eigenvalue weighted by Crippen LogP contribution is 2.26. The van der Waals surface area contributed by atoms with Crippen molar-refractivity contribution >= 4 is 27.5 Å². The maximum Gasteiger partial charge on any atom is 0.243 e. The van der Waals surface area contributed by atoms with Crippen molar-refractivity contribution in [2.75, 3.05) is 39.3 Å². The fraction of sp³-hybridized carbons (Fsp3) is 0.458. The van der Waals surface area contributed by atoms with E-state index in [2.05, 4.69) is 36.1 Å². The number of aryl methyl sites for hydroxylation is 1. The van der Waals surface area contributed by atoms with Crippen LogP contribution in [0.2, 0.25) is 5.02 Å². The lowest BCUT2D eigenvalue weighted by molar-refractivity contribution is -0.138. The summed E-state index contributed by atoms with van der Waals surface area (Å²) in [6, 6.07) is 14.8. The molecule has 0 radical (unpaired) electrons. The highest BCUT2D eigenvalue weighted by atomic mass is 35.5. The maximum absolute atomic E-state index is 13.0. The molecule has 0 atom stereocenters. The molecule has 0 aliphatic carbocycles. The van der Waals surface area contributed by atoms with Gasteiger partial charge in [-0.2, -0.15) is 4.31 Å². The van der Waals surface area contributed by atoms with Crippen LogP contribution in [-0.2, 0) is 21.4 Å². The normalized spacial score (nSPS) is 19.2. The van der Waals surface area contributed by atoms with E-state index in [1.54, 1.807) is 12.1 Å². The Balaban J connectivity index is 1.26. The Kier molecular flexibility index (Phi) is 7.20. The molecule has 2 fully saturated rings. The SMILES string of the molecule is Cc1ccc(CN2CCN(C(=O)C3CCN(S(=O)(=O)c4ccc(Cl)cc4)CC3)CC2)cc1. The largest absolute Gasteiger partial charge is 0.340 e. The van der Waals surface area contributed by atoms with E-state index >= 15 is 0 Å². The zero-order valence-corrected chi connectivity index (χ0v) is 20.0. The molecular formula is C24H30ClN3O3S. The monoisotopic (exact) mass is 475 g/mol. The topological polar surface area (TPSA) is 60.9 Å². The number of halogens is 1. The number of nitrogens with zero attached hydrogens (tertiary/aromatic N) is 3. The third kappa shape index (κ3) is 5.34. The number of hydrogen-bond acceptors (Lipinski definition) is 4. The van der Waals surface area contributed by atoms with Crippen molar-refractivity contribution in [2.24, 2.45) is 5.92 Å². The number of amides is 1. The summed E-state index contributed by atoms with van der Waals surface area (Å²) in [5.74, 6) is 0.0684. The van der Waals surface area contributed by atoms with E-state index in [0.29, 0.717) is 31.0 Å². The Bertz CT molecular complexity index is 1030. The minimum absolute atomic E-state index is 0.102. The van der Waals surface area contributed by atoms with Gasteiger partial charge in [0.25, 0.3) is 0 Å². The van der Waals surface area contributed by atoms with Crippen LogP contribution < -0.4 is 0 Å². The Hall–Kier alpha value is -1.93. The zero-order chi connectivity index (χ0) is 22.7. The van der Waals surface area contributed by atoms with Gasteiger partial charge in [0.15, 0.2) is 0 Å². The molecule has 4 rings (SSSR count). The summed E-state index contributed by atoms with van der Waals surface area (Å²) in [4.78, 5) is 17.6. The van der Waals surface area contributed by atoms with Crippen molar-refractivity contribution in [3.8, 4) is 0 Å². The van der Waals surface area contributed by atoms with Gasteiger partial charge in [0.1, 0.15) is 0 Å². The molecule has 2 aliphatic heterocycles. The Morgan fingerprint density at radius 1 is 0.906 bits per heavy atom. The molecule has 6 nitrogen and oxygen atoms in total. The van der Waals surface area contributed by atoms with Gasteiger partial charge >= 0.3 is 0 Å². The van der Waals surface area contributed by atoms with E-state index < -0.39 is 10.0 Å². The van der Waals surface area contributed by atoms with E-state index in [0.717, 1.165) is 32.7 Å². The lowest BCUT2D eigenvalue weighted by Crippen LogP contribution is -2.51. The number of benzene rings is 2. The predicted octanol–water partition coefficient (Wildman–Crippen LogP) is 3.39. The average Bonchev–Trinajstić information content (AvgIpc) is 2.81. The maximum atomic E-state index is 13.0. The van der Waals surface area contributed by atoms with E-state index in [1.165, 1.54) is 27.6 Å². The first-order chi connectivity index (χ1) is 15.3. The molecule has 2 saturated heterocycles. The first kappa shape index (κ1) is 23.2. The molecule has 8 heteroatoms. The van der Waals surface area contributed by atoms with Crippen LogP contribution in [0.15, 0.2) is 53.4 Å². The third-order valence-corrected chi connectivity index (χ3v) is 8.63. The van der Waals surface area contributed by atoms with Gasteiger partial charge in [0, 0.05) is 56.8 Å². The summed E-state index contributed by atoms with van der Waals surface area (Å²) in [6.45, 7) is 6.92. The van der Waals surface area contributed by atoms with E-state index in [-0.39, 0.29) is 16.7 Å². The van der Waals surface area contributed by atoms with Gasteiger partial charge in [0.2, 0.25) is 15.9 Å². The van der Waals surface area contributed by atoms with E-state index in [9.17, 15) is 13.2 Å². The summed E-state index contributed by atoms with van der Waals surface area (Å²) < 4.78 is 27.2. The zero-order valence-electron chi connectivity index (χ0n) is 18.4. The summed E-state index contributed by atoms with van der Waals surface area (Å²) in [6.07, 6.45) is 1.13. The van der Waals surface area contributed by atoms with Crippen molar-refractivity contribution in [3.05, 3.63) is 64.7 Å². The minimum atomic E-state index is -3.55. The molecule has 0 unspecified atom stereocenters. The van der Waals surface area contributed by atoms with Crippen molar-refractivity contribution in [2.45, 2.75) is 31.2 Å². The second-order valence-electron chi connectivity index (χ2n) is 8.72. The first-order valence-electron chi connectivity index (χ1n) is 11.2. The second-order valence-corrected chi connectivity index (χ2v) is 11.1. The fourth-order valence-electron chi connectivity index (χ4n) is 4.44. The van der Waals surface area contributed by atoms with Gasteiger partial charge in [0.05, 0.1) is 4.90 Å². The number of carbonyl (C=O) groups excluding carboxylic acids is 1. The molecule has 2 aromatic rings. The smallest absolute Gasteiger partial charge is 0.243 e. The quantitative estimate of drug-likeness (QED) is 0.665. The van der Waals surface area contributed by atoms with Crippen LogP contribution in [0.4, 0.5) is 0 Å². The van der Waals surface area contributed by atoms with Gasteiger partial charge in [-0.3, -0.25) is 9.69 Å². The molecule has 0 saturated carbocycles. The molecule has 0 spiro atoms. The van der Waals surface area contributed by atoms with Crippen molar-refractivity contribution in [3.63, 3.8) is 0 Å². The molecule has 32 heavy (non-hydrogen) atoms. The highest BCUT2D eigenvalue weighted by molar-refractivity contribution is 7.89. The summed E-state index contributed by atoms with van der Waals surface area (Å²) in [7, 11) is -3.55. The van der Waals surface area contributed by atoms with Gasteiger partial charge < -0.3 is 4.90 Å². The lowest BCUT2D eigenvalue weighted by Gasteiger charge is -2.38. The molecule has 0 N–H and O–H groups in total. The number of piperidine rings is 1. The molecule has 2 aromatic carbocycles. The van der Waals surface area contributed by atoms with Crippen LogP contribution in [0.5, 0.6) is 0 Å². The first-order valence-corrected chi connectivity index (χ1v) is 13.0. The minimum Gasteiger partial charge on any atom is -0.340 e. The molecule has 2 heterocycles. The van der Waals surface area contributed by atoms with Crippen LogP contribution in [0.1, 0.15) is 24.0 Å². The van der Waals surface area contributed by atoms with Crippen LogP contribution in [0, 0.1) is 12.8 Å². The molecular weight excluding hydrogens is 446 g/mol. The second kappa shape index (κ2) is 9.91. The average molecular weight is 476 g/mol. The van der Waals surface area contributed by atoms with Crippen LogP contribution >= 0.6 is 11.6 Å². The van der Waals surface area contributed by atoms with E-state index in [1.807, 2.05) is 4.90 Å². The molecule has 0 aromatic heterocycles. The third-order valence-electron chi connectivity index (χ3n) is 6.47. The molecule has 1 amide bonds. The Morgan fingerprint density at radius 3 is 2.09 bits per heavy atom. The van der Waals surface area contributed by atoms with Gasteiger partial charge in [-0.25, -0.2) is 8.42 Å². The fourth-order valence-corrected chi connectivity index (χ4v) is 6.03.